The fraction of sp³-hybridized carbons (Fsp3) is 0.500. The van der Waals surface area contributed by atoms with Gasteiger partial charge in [0.25, 0.3) is 5.91 Å². The summed E-state index contributed by atoms with van der Waals surface area (Å²) in [6.07, 6.45) is 8.52. The van der Waals surface area contributed by atoms with Crippen LogP contribution < -0.4 is 0 Å². The van der Waals surface area contributed by atoms with Gasteiger partial charge in [-0.25, -0.2) is 0 Å². The molecule has 1 N–H and O–H groups in total. The number of likely N-dealkylation sites (tertiary alicyclic amines) is 2. The van der Waals surface area contributed by atoms with Gasteiger partial charge in [-0.3, -0.25) is 14.5 Å². The molecule has 0 unspecified atom stereocenters. The van der Waals surface area contributed by atoms with Gasteiger partial charge in [-0.1, -0.05) is 30.3 Å². The molecule has 5 heteroatoms. The molecule has 0 radical (unpaired) electrons. The highest BCUT2D eigenvalue weighted by atomic mass is 16.2. The summed E-state index contributed by atoms with van der Waals surface area (Å²) in [4.78, 5) is 32.3. The highest BCUT2D eigenvalue weighted by Crippen LogP contribution is 2.23. The summed E-state index contributed by atoms with van der Waals surface area (Å²) >= 11 is 0. The predicted molar refractivity (Wildman–Crippen MR) is 114 cm³/mol. The van der Waals surface area contributed by atoms with Crippen molar-refractivity contribution in [3.8, 4) is 0 Å². The number of aromatic nitrogens is 1. The summed E-state index contributed by atoms with van der Waals surface area (Å²) < 4.78 is 0. The number of aryl methyl sites for hydroxylation is 1. The van der Waals surface area contributed by atoms with Gasteiger partial charge in [-0.15, -0.1) is 0 Å². The lowest BCUT2D eigenvalue weighted by Gasteiger charge is -2.31. The molecule has 0 bridgehead atoms. The molecule has 2 aliphatic rings. The largest absolute Gasteiger partial charge is 0.356 e. The van der Waals surface area contributed by atoms with Crippen molar-refractivity contribution in [2.45, 2.75) is 38.5 Å². The van der Waals surface area contributed by atoms with Crippen LogP contribution in [0.3, 0.4) is 0 Å². The first-order valence-corrected chi connectivity index (χ1v) is 11.0. The van der Waals surface area contributed by atoms with Crippen molar-refractivity contribution >= 4 is 11.7 Å². The molecule has 0 saturated carbocycles. The van der Waals surface area contributed by atoms with Gasteiger partial charge in [0.05, 0.1) is 6.54 Å². The van der Waals surface area contributed by atoms with Crippen LogP contribution in [0.15, 0.2) is 42.6 Å². The van der Waals surface area contributed by atoms with Gasteiger partial charge in [0, 0.05) is 24.8 Å². The molecule has 4 rings (SSSR count). The molecule has 0 atom stereocenters. The maximum absolute atomic E-state index is 12.7. The second-order valence-electron chi connectivity index (χ2n) is 8.47. The highest BCUT2D eigenvalue weighted by Gasteiger charge is 2.24. The van der Waals surface area contributed by atoms with E-state index in [4.69, 9.17) is 0 Å². The maximum Gasteiger partial charge on any atom is 0.270 e. The Morgan fingerprint density at radius 1 is 1.00 bits per heavy atom. The summed E-state index contributed by atoms with van der Waals surface area (Å²) in [5, 5.41) is 0. The summed E-state index contributed by atoms with van der Waals surface area (Å²) in [5.74, 6) is 0.865. The Balaban J connectivity index is 1.22. The Morgan fingerprint density at radius 3 is 2.45 bits per heavy atom. The second kappa shape index (κ2) is 9.40. The predicted octanol–water partition coefficient (Wildman–Crippen LogP) is 3.78. The van der Waals surface area contributed by atoms with Crippen molar-refractivity contribution in [1.82, 2.24) is 14.8 Å². The first kappa shape index (κ1) is 19.9. The third-order valence-corrected chi connectivity index (χ3v) is 6.39. The minimum absolute atomic E-state index is 0.0146. The second-order valence-corrected chi connectivity index (χ2v) is 8.47. The number of hydrogen-bond acceptors (Lipinski definition) is 3. The lowest BCUT2D eigenvalue weighted by Crippen LogP contribution is -2.37. The third-order valence-electron chi connectivity index (χ3n) is 6.39. The number of H-pyrrole nitrogens is 1. The van der Waals surface area contributed by atoms with Gasteiger partial charge in [0.2, 0.25) is 0 Å². The number of rotatable bonds is 7. The van der Waals surface area contributed by atoms with Gasteiger partial charge in [-0.05, 0) is 69.2 Å². The van der Waals surface area contributed by atoms with E-state index in [0.717, 1.165) is 64.2 Å². The molecule has 5 nitrogen and oxygen atoms in total. The van der Waals surface area contributed by atoms with Crippen molar-refractivity contribution in [3.05, 3.63) is 59.4 Å². The Bertz CT molecular complexity index is 816. The smallest absolute Gasteiger partial charge is 0.270 e. The van der Waals surface area contributed by atoms with Crippen molar-refractivity contribution in [3.63, 3.8) is 0 Å². The number of piperidine rings is 1. The van der Waals surface area contributed by atoms with Crippen molar-refractivity contribution in [1.29, 1.82) is 0 Å². The fourth-order valence-electron chi connectivity index (χ4n) is 4.51. The molecular formula is C24H31N3O2. The average molecular weight is 394 g/mol. The number of Topliss-reactive ketones (excluding diaryl/α,β-unsaturated/α-hetero) is 1. The lowest BCUT2D eigenvalue weighted by molar-refractivity contribution is 0.0787. The standard InChI is InChI=1S/C24H31N3O2/c28-23(21-16-22(25-17-21)24(29)27-12-4-5-13-27)18-26-14-10-20(11-15-26)9-8-19-6-2-1-3-7-19/h1-3,6-7,16-17,20,25H,4-5,8-15,18H2. The van der Waals surface area contributed by atoms with Crippen LogP contribution in [0.2, 0.25) is 0 Å². The van der Waals surface area contributed by atoms with E-state index in [1.54, 1.807) is 12.3 Å². The lowest BCUT2D eigenvalue weighted by atomic mass is 9.90. The number of aromatic amines is 1. The molecule has 154 valence electrons. The van der Waals surface area contributed by atoms with E-state index in [1.807, 2.05) is 4.90 Å². The minimum Gasteiger partial charge on any atom is -0.356 e. The van der Waals surface area contributed by atoms with Crippen LogP contribution in [-0.2, 0) is 6.42 Å². The summed E-state index contributed by atoms with van der Waals surface area (Å²) in [7, 11) is 0. The number of carbonyl (C=O) groups excluding carboxylic acids is 2. The molecule has 1 aromatic carbocycles. The molecule has 1 amide bonds. The minimum atomic E-state index is 0.0146. The molecule has 0 spiro atoms. The third kappa shape index (κ3) is 5.15. The quantitative estimate of drug-likeness (QED) is 0.729. The van der Waals surface area contributed by atoms with Crippen molar-refractivity contribution in [2.75, 3.05) is 32.7 Å². The zero-order valence-corrected chi connectivity index (χ0v) is 17.1. The summed E-state index contributed by atoms with van der Waals surface area (Å²) in [5.41, 5.74) is 2.57. The fourth-order valence-corrected chi connectivity index (χ4v) is 4.51. The SMILES string of the molecule is O=C(CN1CCC(CCc2ccccc2)CC1)c1c[nH]c(C(=O)N2CCCC2)c1. The monoisotopic (exact) mass is 393 g/mol. The molecule has 0 aliphatic carbocycles. The van der Waals surface area contributed by atoms with Crippen LogP contribution in [0.1, 0.15) is 58.5 Å². The van der Waals surface area contributed by atoms with E-state index >= 15 is 0 Å². The summed E-state index contributed by atoms with van der Waals surface area (Å²) in [6.45, 7) is 4.05. The van der Waals surface area contributed by atoms with E-state index in [2.05, 4.69) is 40.2 Å². The number of benzene rings is 1. The number of nitrogens with one attached hydrogen (secondary N) is 1. The first-order chi connectivity index (χ1) is 14.2. The van der Waals surface area contributed by atoms with Crippen LogP contribution in [0.4, 0.5) is 0 Å². The molecule has 2 fully saturated rings. The number of ketones is 1. The van der Waals surface area contributed by atoms with Gasteiger partial charge in [0.15, 0.2) is 5.78 Å². The van der Waals surface area contributed by atoms with Gasteiger partial charge < -0.3 is 9.88 Å². The molecule has 1 aromatic heterocycles. The van der Waals surface area contributed by atoms with Crippen LogP contribution in [-0.4, -0.2) is 59.2 Å². The van der Waals surface area contributed by atoms with E-state index in [9.17, 15) is 9.59 Å². The van der Waals surface area contributed by atoms with Gasteiger partial charge in [-0.2, -0.15) is 0 Å². The first-order valence-electron chi connectivity index (χ1n) is 11.0. The Morgan fingerprint density at radius 2 is 1.72 bits per heavy atom. The highest BCUT2D eigenvalue weighted by molar-refractivity contribution is 6.01. The van der Waals surface area contributed by atoms with E-state index in [1.165, 1.54) is 12.0 Å². The van der Waals surface area contributed by atoms with Crippen molar-refractivity contribution in [2.24, 2.45) is 5.92 Å². The molecule has 2 saturated heterocycles. The van der Waals surface area contributed by atoms with Crippen LogP contribution >= 0.6 is 0 Å². The topological polar surface area (TPSA) is 56.4 Å². The maximum atomic E-state index is 12.7. The zero-order valence-electron chi connectivity index (χ0n) is 17.1. The van der Waals surface area contributed by atoms with Gasteiger partial charge >= 0.3 is 0 Å². The molecule has 3 heterocycles. The summed E-state index contributed by atoms with van der Waals surface area (Å²) in [6, 6.07) is 12.4. The Hall–Kier alpha value is -2.40. The number of hydrogen-bond donors (Lipinski definition) is 1. The normalized spacial score (nSPS) is 18.3. The number of carbonyl (C=O) groups is 2. The van der Waals surface area contributed by atoms with Crippen LogP contribution in [0, 0.1) is 5.92 Å². The average Bonchev–Trinajstić information content (AvgIpc) is 3.46. The van der Waals surface area contributed by atoms with E-state index in [0.29, 0.717) is 17.8 Å². The van der Waals surface area contributed by atoms with E-state index in [-0.39, 0.29) is 11.7 Å². The molecule has 2 aliphatic heterocycles. The Labute approximate surface area is 173 Å². The van der Waals surface area contributed by atoms with Crippen LogP contribution in [0.25, 0.3) is 0 Å². The van der Waals surface area contributed by atoms with Crippen LogP contribution in [0.5, 0.6) is 0 Å². The molecule has 2 aromatic rings. The van der Waals surface area contributed by atoms with Crippen molar-refractivity contribution < 1.29 is 9.59 Å². The number of amides is 1. The molecule has 29 heavy (non-hydrogen) atoms. The molecular weight excluding hydrogens is 362 g/mol. The zero-order chi connectivity index (χ0) is 20.1. The van der Waals surface area contributed by atoms with Gasteiger partial charge in [0.1, 0.15) is 5.69 Å². The van der Waals surface area contributed by atoms with E-state index < -0.39 is 0 Å². The Kier molecular flexibility index (Phi) is 6.45. The number of nitrogens with zero attached hydrogens (tertiary/aromatic N) is 2.